The number of hydrogen-bond donors (Lipinski definition) is 0. The number of ether oxygens (including phenoxy) is 1. The van der Waals surface area contributed by atoms with Crippen LogP contribution in [0.25, 0.3) is 22.2 Å². The molecule has 3 rings (SSSR count). The van der Waals surface area contributed by atoms with Gasteiger partial charge in [0.2, 0.25) is 0 Å². The number of hydrogen-bond acceptors (Lipinski definition) is 3. The monoisotopic (exact) mass is 439 g/mol. The molecule has 0 fully saturated rings. The van der Waals surface area contributed by atoms with E-state index in [0.29, 0.717) is 11.5 Å². The first-order valence-corrected chi connectivity index (χ1v) is 10.3. The molecule has 0 amide bonds. The second-order valence-corrected chi connectivity index (χ2v) is 9.33. The van der Waals surface area contributed by atoms with Crippen LogP contribution in [-0.2, 0) is 4.74 Å². The number of carbonyl (C=O) groups is 1. The van der Waals surface area contributed by atoms with Crippen molar-refractivity contribution in [2.24, 2.45) is 5.41 Å². The van der Waals surface area contributed by atoms with Crippen molar-refractivity contribution < 1.29 is 9.53 Å². The minimum absolute atomic E-state index is 0.202. The van der Waals surface area contributed by atoms with Gasteiger partial charge >= 0.3 is 5.97 Å². The molecule has 0 aliphatic heterocycles. The lowest BCUT2D eigenvalue weighted by Crippen LogP contribution is -2.11. The standard InChI is InChI=1S/C24H26BrNO2/c1-15(14-24(2,3)4)19-13-17-12-16(23(27)28-5)10-11-21(17)26-22(19)18-8-6-7-9-20(18)25/h6-13,15H,14H2,1-5H3. The normalized spacial score (nSPS) is 12.8. The molecule has 4 heteroatoms. The first-order valence-electron chi connectivity index (χ1n) is 9.47. The van der Waals surface area contributed by atoms with Gasteiger partial charge in [0.05, 0.1) is 23.9 Å². The van der Waals surface area contributed by atoms with Crippen molar-refractivity contribution in [1.29, 1.82) is 0 Å². The van der Waals surface area contributed by atoms with E-state index in [2.05, 4.69) is 55.8 Å². The van der Waals surface area contributed by atoms with Crippen molar-refractivity contribution in [1.82, 2.24) is 4.98 Å². The second kappa shape index (κ2) is 8.04. The quantitative estimate of drug-likeness (QED) is 0.411. The molecule has 0 aliphatic rings. The number of esters is 1. The molecule has 1 aromatic heterocycles. The molecule has 0 saturated heterocycles. The minimum Gasteiger partial charge on any atom is -0.465 e. The van der Waals surface area contributed by atoms with E-state index in [-0.39, 0.29) is 11.4 Å². The first-order chi connectivity index (χ1) is 13.2. The van der Waals surface area contributed by atoms with Crippen LogP contribution in [0.4, 0.5) is 0 Å². The predicted molar refractivity (Wildman–Crippen MR) is 119 cm³/mol. The fraction of sp³-hybridized carbons (Fsp3) is 0.333. The van der Waals surface area contributed by atoms with Crippen molar-refractivity contribution in [3.63, 3.8) is 0 Å². The van der Waals surface area contributed by atoms with Gasteiger partial charge in [-0.05, 0) is 53.6 Å². The lowest BCUT2D eigenvalue weighted by Gasteiger charge is -2.25. The summed E-state index contributed by atoms with van der Waals surface area (Å²) in [6, 6.07) is 15.9. The van der Waals surface area contributed by atoms with Crippen molar-refractivity contribution in [3.05, 3.63) is 64.1 Å². The number of benzene rings is 2. The van der Waals surface area contributed by atoms with E-state index in [0.717, 1.165) is 33.1 Å². The molecule has 146 valence electrons. The largest absolute Gasteiger partial charge is 0.465 e. The molecular formula is C24H26BrNO2. The van der Waals surface area contributed by atoms with Crippen molar-refractivity contribution in [2.45, 2.75) is 40.0 Å². The van der Waals surface area contributed by atoms with Crippen LogP contribution < -0.4 is 0 Å². The highest BCUT2D eigenvalue weighted by molar-refractivity contribution is 9.10. The third kappa shape index (κ3) is 4.44. The molecule has 3 aromatic rings. The predicted octanol–water partition coefficient (Wildman–Crippen LogP) is 6.99. The molecular weight excluding hydrogens is 414 g/mol. The number of pyridine rings is 1. The maximum absolute atomic E-state index is 11.9. The number of nitrogens with zero attached hydrogens (tertiary/aromatic N) is 1. The number of fused-ring (bicyclic) bond motifs is 1. The fourth-order valence-corrected chi connectivity index (χ4v) is 4.18. The summed E-state index contributed by atoms with van der Waals surface area (Å²) in [5.74, 6) is -0.0122. The van der Waals surface area contributed by atoms with Gasteiger partial charge in [0.15, 0.2) is 0 Å². The van der Waals surface area contributed by atoms with E-state index in [1.165, 1.54) is 12.7 Å². The van der Waals surface area contributed by atoms with Crippen LogP contribution >= 0.6 is 15.9 Å². The van der Waals surface area contributed by atoms with Crippen LogP contribution in [0.15, 0.2) is 53.0 Å². The molecule has 1 heterocycles. The Morgan fingerprint density at radius 1 is 1.14 bits per heavy atom. The molecule has 1 unspecified atom stereocenters. The van der Waals surface area contributed by atoms with Gasteiger partial charge in [-0.25, -0.2) is 9.78 Å². The lowest BCUT2D eigenvalue weighted by molar-refractivity contribution is 0.0601. The third-order valence-electron chi connectivity index (χ3n) is 4.84. The number of aromatic nitrogens is 1. The van der Waals surface area contributed by atoms with Crippen LogP contribution in [0.5, 0.6) is 0 Å². The summed E-state index contributed by atoms with van der Waals surface area (Å²) in [6.45, 7) is 9.01. The summed E-state index contributed by atoms with van der Waals surface area (Å²) < 4.78 is 5.90. The average molecular weight is 440 g/mol. The minimum atomic E-state index is -0.332. The molecule has 3 nitrogen and oxygen atoms in total. The van der Waals surface area contributed by atoms with E-state index >= 15 is 0 Å². The van der Waals surface area contributed by atoms with E-state index in [4.69, 9.17) is 9.72 Å². The topological polar surface area (TPSA) is 39.2 Å². The maximum Gasteiger partial charge on any atom is 0.337 e. The van der Waals surface area contributed by atoms with Crippen LogP contribution in [0, 0.1) is 5.41 Å². The molecule has 0 radical (unpaired) electrons. The van der Waals surface area contributed by atoms with E-state index in [1.54, 1.807) is 6.07 Å². The van der Waals surface area contributed by atoms with Gasteiger partial charge in [0.1, 0.15) is 0 Å². The maximum atomic E-state index is 11.9. The highest BCUT2D eigenvalue weighted by atomic mass is 79.9. The van der Waals surface area contributed by atoms with Crippen molar-refractivity contribution in [2.75, 3.05) is 7.11 Å². The molecule has 0 spiro atoms. The Kier molecular flexibility index (Phi) is 5.90. The number of halogens is 1. The number of rotatable bonds is 4. The van der Waals surface area contributed by atoms with Crippen molar-refractivity contribution >= 4 is 32.8 Å². The summed E-state index contributed by atoms with van der Waals surface area (Å²) in [7, 11) is 1.40. The van der Waals surface area contributed by atoms with Crippen LogP contribution in [-0.4, -0.2) is 18.1 Å². The van der Waals surface area contributed by atoms with Gasteiger partial charge in [0, 0.05) is 15.4 Å². The zero-order valence-electron chi connectivity index (χ0n) is 17.0. The van der Waals surface area contributed by atoms with Gasteiger partial charge in [0.25, 0.3) is 0 Å². The third-order valence-corrected chi connectivity index (χ3v) is 5.54. The fourth-order valence-electron chi connectivity index (χ4n) is 3.71. The van der Waals surface area contributed by atoms with Crippen LogP contribution in [0.2, 0.25) is 0 Å². The Morgan fingerprint density at radius 3 is 2.50 bits per heavy atom. The zero-order chi connectivity index (χ0) is 20.5. The van der Waals surface area contributed by atoms with Gasteiger partial charge in [-0.1, -0.05) is 61.8 Å². The summed E-state index contributed by atoms with van der Waals surface area (Å²) in [4.78, 5) is 16.9. The highest BCUT2D eigenvalue weighted by Gasteiger charge is 2.22. The molecule has 0 aliphatic carbocycles. The Balaban J connectivity index is 2.23. The number of methoxy groups -OCH3 is 1. The Morgan fingerprint density at radius 2 is 1.86 bits per heavy atom. The first kappa shape index (κ1) is 20.5. The van der Waals surface area contributed by atoms with Gasteiger partial charge in [-0.2, -0.15) is 0 Å². The van der Waals surface area contributed by atoms with Gasteiger partial charge in [-0.3, -0.25) is 0 Å². The summed E-state index contributed by atoms with van der Waals surface area (Å²) >= 11 is 3.68. The Labute approximate surface area is 175 Å². The van der Waals surface area contributed by atoms with E-state index in [9.17, 15) is 4.79 Å². The SMILES string of the molecule is COC(=O)c1ccc2nc(-c3ccccc3Br)c(C(C)CC(C)(C)C)cc2c1. The Hall–Kier alpha value is -2.20. The summed E-state index contributed by atoms with van der Waals surface area (Å²) in [5, 5.41) is 0.953. The van der Waals surface area contributed by atoms with E-state index < -0.39 is 0 Å². The molecule has 0 saturated carbocycles. The van der Waals surface area contributed by atoms with Gasteiger partial charge < -0.3 is 4.74 Å². The molecule has 28 heavy (non-hydrogen) atoms. The smallest absolute Gasteiger partial charge is 0.337 e. The van der Waals surface area contributed by atoms with E-state index in [1.807, 2.05) is 30.3 Å². The highest BCUT2D eigenvalue weighted by Crippen LogP contribution is 2.39. The summed E-state index contributed by atoms with van der Waals surface area (Å²) in [5.41, 5.74) is 4.87. The van der Waals surface area contributed by atoms with Crippen LogP contribution in [0.3, 0.4) is 0 Å². The average Bonchev–Trinajstić information content (AvgIpc) is 2.65. The zero-order valence-corrected chi connectivity index (χ0v) is 18.6. The lowest BCUT2D eigenvalue weighted by atomic mass is 9.81. The van der Waals surface area contributed by atoms with Crippen molar-refractivity contribution in [3.8, 4) is 11.3 Å². The van der Waals surface area contributed by atoms with Crippen LogP contribution in [0.1, 0.15) is 56.0 Å². The molecule has 1 atom stereocenters. The second-order valence-electron chi connectivity index (χ2n) is 8.47. The van der Waals surface area contributed by atoms with Gasteiger partial charge in [-0.15, -0.1) is 0 Å². The Bertz CT molecular complexity index is 1020. The molecule has 2 aromatic carbocycles. The number of carbonyl (C=O) groups excluding carboxylic acids is 1. The molecule has 0 bridgehead atoms. The molecule has 0 N–H and O–H groups in total. The summed E-state index contributed by atoms with van der Waals surface area (Å²) in [6.07, 6.45) is 1.04.